The second-order valence-electron chi connectivity index (χ2n) is 14.2. The molecule has 0 amide bonds. The number of para-hydroxylation sites is 1. The molecular weight excluding hydrogens is 579 g/mol. The summed E-state index contributed by atoms with van der Waals surface area (Å²) in [7, 11) is -1.90. The molecule has 0 spiro atoms. The predicted octanol–water partition coefficient (Wildman–Crippen LogP) is 9.03. The first-order valence-electron chi connectivity index (χ1n) is 15.3. The Balaban J connectivity index is 1.37. The summed E-state index contributed by atoms with van der Waals surface area (Å²) in [5.41, 5.74) is 2.51. The number of hydrogen-bond acceptors (Lipinski definition) is 4. The summed E-state index contributed by atoms with van der Waals surface area (Å²) in [6.45, 7) is 16.5. The van der Waals surface area contributed by atoms with Gasteiger partial charge in [0.2, 0.25) is 0 Å². The van der Waals surface area contributed by atoms with Gasteiger partial charge in [0.25, 0.3) is 0 Å². The van der Waals surface area contributed by atoms with E-state index in [2.05, 4.69) is 43.8 Å². The molecule has 44 heavy (non-hydrogen) atoms. The molecule has 0 fully saturated rings. The van der Waals surface area contributed by atoms with Gasteiger partial charge in [-0.15, -0.1) is 0 Å². The van der Waals surface area contributed by atoms with E-state index in [1.807, 2.05) is 48.2 Å². The molecule has 4 aromatic rings. The molecular formula is C35H44F3N3O2Si. The number of aromatic nitrogens is 2. The third-order valence-electron chi connectivity index (χ3n) is 9.08. The fourth-order valence-electron chi connectivity index (χ4n) is 5.67. The zero-order chi connectivity index (χ0) is 32.0. The number of benzene rings is 2. The molecule has 1 aliphatic heterocycles. The number of H-pyrrole nitrogens is 1. The highest BCUT2D eigenvalue weighted by Gasteiger charge is 2.41. The van der Waals surface area contributed by atoms with Gasteiger partial charge in [-0.1, -0.05) is 45.0 Å². The average Bonchev–Trinajstić information content (AvgIpc) is 3.29. The summed E-state index contributed by atoms with van der Waals surface area (Å²) in [6, 6.07) is 13.1. The van der Waals surface area contributed by atoms with Gasteiger partial charge in [0.05, 0.1) is 18.3 Å². The maximum absolute atomic E-state index is 15.9. The molecule has 0 aliphatic carbocycles. The molecule has 1 N–H and O–H groups in total. The summed E-state index contributed by atoms with van der Waals surface area (Å²) >= 11 is 0. The van der Waals surface area contributed by atoms with Crippen molar-refractivity contribution >= 4 is 19.2 Å². The van der Waals surface area contributed by atoms with E-state index in [0.29, 0.717) is 18.7 Å². The van der Waals surface area contributed by atoms with Crippen LogP contribution in [0.4, 0.5) is 13.2 Å². The van der Waals surface area contributed by atoms with Gasteiger partial charge < -0.3 is 14.1 Å². The number of fused-ring (bicyclic) bond motifs is 3. The number of hydrogen-bond donors (Lipinski definition) is 1. The van der Waals surface area contributed by atoms with E-state index in [-0.39, 0.29) is 35.5 Å². The minimum atomic E-state index is -1.90. The highest BCUT2D eigenvalue weighted by molar-refractivity contribution is 6.74. The predicted molar refractivity (Wildman–Crippen MR) is 172 cm³/mol. The van der Waals surface area contributed by atoms with Crippen LogP contribution in [0.5, 0.6) is 5.75 Å². The maximum atomic E-state index is 15.9. The molecule has 5 rings (SSSR count). The number of nitrogens with one attached hydrogen (secondary N) is 1. The van der Waals surface area contributed by atoms with Crippen LogP contribution in [0.15, 0.2) is 54.7 Å². The minimum absolute atomic E-state index is 0.0225. The van der Waals surface area contributed by atoms with E-state index in [9.17, 15) is 0 Å². The Morgan fingerprint density at radius 1 is 1.00 bits per heavy atom. The summed E-state index contributed by atoms with van der Waals surface area (Å²) < 4.78 is 59.0. The molecule has 1 aliphatic rings. The molecule has 9 heteroatoms. The van der Waals surface area contributed by atoms with E-state index < -0.39 is 31.7 Å². The van der Waals surface area contributed by atoms with Crippen molar-refractivity contribution in [3.8, 4) is 5.75 Å². The summed E-state index contributed by atoms with van der Waals surface area (Å²) in [4.78, 5) is 9.77. The lowest BCUT2D eigenvalue weighted by atomic mass is 9.87. The number of halogens is 3. The zero-order valence-electron chi connectivity index (χ0n) is 27.0. The van der Waals surface area contributed by atoms with E-state index in [1.54, 1.807) is 6.20 Å². The van der Waals surface area contributed by atoms with Gasteiger partial charge in [0.15, 0.2) is 8.32 Å². The van der Waals surface area contributed by atoms with Crippen molar-refractivity contribution in [2.75, 3.05) is 6.54 Å². The highest BCUT2D eigenvalue weighted by atomic mass is 28.4. The molecule has 0 bridgehead atoms. The van der Waals surface area contributed by atoms with Crippen LogP contribution in [0.3, 0.4) is 0 Å². The van der Waals surface area contributed by atoms with Crippen molar-refractivity contribution in [3.63, 3.8) is 0 Å². The number of nitrogens with zero attached hydrogens (tertiary/aromatic N) is 2. The normalized spacial score (nSPS) is 18.1. The Morgan fingerprint density at radius 2 is 1.68 bits per heavy atom. The Labute approximate surface area is 259 Å². The van der Waals surface area contributed by atoms with Crippen LogP contribution >= 0.6 is 0 Å². The Bertz CT molecular complexity index is 1600. The molecule has 2 aromatic carbocycles. The van der Waals surface area contributed by atoms with Gasteiger partial charge in [-0.3, -0.25) is 9.88 Å². The molecule has 0 unspecified atom stereocenters. The highest BCUT2D eigenvalue weighted by Crippen LogP contribution is 2.44. The summed E-state index contributed by atoms with van der Waals surface area (Å²) in [5, 5.41) is 1.13. The van der Waals surface area contributed by atoms with Crippen LogP contribution in [-0.4, -0.2) is 41.4 Å². The average molecular weight is 624 g/mol. The molecule has 5 nitrogen and oxygen atoms in total. The number of aromatic amines is 1. The number of pyridine rings is 1. The first kappa shape index (κ1) is 32.3. The third-order valence-corrected chi connectivity index (χ3v) is 13.6. The fourth-order valence-corrected chi connectivity index (χ4v) is 6.61. The SMILES string of the molecule is C[C@@H]1Cc2c([nH]c3ccccc23)[C@@H](c2c(F)cc(OCc3ccc(CO[Si](C)(C)C(C)(C)C)nc3)cc2F)N1CC(C)(C)F. The number of ether oxygens (including phenoxy) is 1. The smallest absolute Gasteiger partial charge is 0.192 e. The Morgan fingerprint density at radius 3 is 2.30 bits per heavy atom. The molecule has 2 atom stereocenters. The molecule has 0 radical (unpaired) electrons. The van der Waals surface area contributed by atoms with E-state index in [4.69, 9.17) is 9.16 Å². The topological polar surface area (TPSA) is 50.4 Å². The van der Waals surface area contributed by atoms with Crippen molar-refractivity contribution in [1.29, 1.82) is 0 Å². The lowest BCUT2D eigenvalue weighted by molar-refractivity contribution is 0.0642. The lowest BCUT2D eigenvalue weighted by Crippen LogP contribution is -2.48. The number of alkyl halides is 1. The van der Waals surface area contributed by atoms with Gasteiger partial charge in [0, 0.05) is 58.6 Å². The van der Waals surface area contributed by atoms with Crippen LogP contribution in [0.25, 0.3) is 10.9 Å². The van der Waals surface area contributed by atoms with Crippen molar-refractivity contribution in [3.05, 3.63) is 94.4 Å². The van der Waals surface area contributed by atoms with Crippen molar-refractivity contribution in [1.82, 2.24) is 14.9 Å². The van der Waals surface area contributed by atoms with Gasteiger partial charge >= 0.3 is 0 Å². The van der Waals surface area contributed by atoms with E-state index in [0.717, 1.165) is 27.7 Å². The van der Waals surface area contributed by atoms with Crippen LogP contribution in [-0.2, 0) is 24.1 Å². The molecule has 0 saturated heterocycles. The quantitative estimate of drug-likeness (QED) is 0.189. The third kappa shape index (κ3) is 6.75. The summed E-state index contributed by atoms with van der Waals surface area (Å²) in [5.74, 6) is -1.39. The minimum Gasteiger partial charge on any atom is -0.489 e. The first-order chi connectivity index (χ1) is 20.5. The van der Waals surface area contributed by atoms with Crippen LogP contribution in [0.1, 0.15) is 75.7 Å². The second kappa shape index (κ2) is 12.0. The standard InChI is InChI=1S/C35H44F3N3O2Si/c1-22-15-27-26-11-9-10-12-30(26)40-32(27)33(41(22)21-35(5,6)38)31-28(36)16-25(17-29(31)37)42-19-23-13-14-24(39-18-23)20-43-44(7,8)34(2,3)4/h9-14,16-18,22,33,40H,15,19-21H2,1-8H3/t22-,33-/m1/s1. The van der Waals surface area contributed by atoms with Crippen LogP contribution in [0, 0.1) is 11.6 Å². The maximum Gasteiger partial charge on any atom is 0.192 e. The molecule has 236 valence electrons. The van der Waals surface area contributed by atoms with Crippen molar-refractivity contribution in [2.45, 2.75) is 97.1 Å². The van der Waals surface area contributed by atoms with Crippen LogP contribution < -0.4 is 4.74 Å². The van der Waals surface area contributed by atoms with Crippen molar-refractivity contribution in [2.24, 2.45) is 0 Å². The second-order valence-corrected chi connectivity index (χ2v) is 19.0. The van der Waals surface area contributed by atoms with Gasteiger partial charge in [0.1, 0.15) is 29.7 Å². The van der Waals surface area contributed by atoms with Gasteiger partial charge in [-0.2, -0.15) is 0 Å². The molecule has 0 saturated carbocycles. The van der Waals surface area contributed by atoms with E-state index in [1.165, 1.54) is 26.0 Å². The largest absolute Gasteiger partial charge is 0.489 e. The first-order valence-corrected chi connectivity index (χ1v) is 18.2. The Hall–Kier alpha value is -3.14. The fraction of sp³-hybridized carbons (Fsp3) is 0.457. The number of rotatable bonds is 9. The van der Waals surface area contributed by atoms with Crippen molar-refractivity contribution < 1.29 is 22.3 Å². The van der Waals surface area contributed by atoms with Crippen LogP contribution in [0.2, 0.25) is 18.1 Å². The monoisotopic (exact) mass is 623 g/mol. The molecule has 2 aromatic heterocycles. The van der Waals surface area contributed by atoms with Gasteiger partial charge in [-0.25, -0.2) is 13.2 Å². The van der Waals surface area contributed by atoms with Gasteiger partial charge in [-0.05, 0) is 63.0 Å². The van der Waals surface area contributed by atoms with E-state index >= 15 is 13.2 Å². The summed E-state index contributed by atoms with van der Waals surface area (Å²) in [6.07, 6.45) is 2.34. The lowest BCUT2D eigenvalue weighted by Gasteiger charge is -2.43. The molecule has 3 heterocycles. The Kier molecular flexibility index (Phi) is 8.79. The zero-order valence-corrected chi connectivity index (χ0v) is 28.0.